The van der Waals surface area contributed by atoms with Gasteiger partial charge in [0.1, 0.15) is 5.75 Å². The summed E-state index contributed by atoms with van der Waals surface area (Å²) in [5.74, 6) is 1.33. The molecule has 0 saturated carbocycles. The fourth-order valence-corrected chi connectivity index (χ4v) is 4.20. The third-order valence-corrected chi connectivity index (χ3v) is 6.19. The van der Waals surface area contributed by atoms with Gasteiger partial charge in [0.15, 0.2) is 11.0 Å². The molecular weight excluding hydrogens is 446 g/mol. The Morgan fingerprint density at radius 3 is 2.44 bits per heavy atom. The average molecular weight is 474 g/mol. The Bertz CT molecular complexity index is 1270. The first-order chi connectivity index (χ1) is 16.4. The number of hydrogen-bond donors (Lipinski definition) is 1. The van der Waals surface area contributed by atoms with E-state index >= 15 is 0 Å². The molecule has 4 rings (SSSR count). The second kappa shape index (κ2) is 10.1. The van der Waals surface area contributed by atoms with Crippen LogP contribution in [-0.4, -0.2) is 38.5 Å². The summed E-state index contributed by atoms with van der Waals surface area (Å²) in [7, 11) is 1.60. The predicted molar refractivity (Wildman–Crippen MR) is 136 cm³/mol. The molecule has 0 spiro atoms. The van der Waals surface area contributed by atoms with Gasteiger partial charge < -0.3 is 10.1 Å². The summed E-state index contributed by atoms with van der Waals surface area (Å²) in [4.78, 5) is 17.0. The van der Waals surface area contributed by atoms with Crippen molar-refractivity contribution in [2.24, 2.45) is 0 Å². The summed E-state index contributed by atoms with van der Waals surface area (Å²) < 4.78 is 7.41. The zero-order valence-electron chi connectivity index (χ0n) is 19.6. The van der Waals surface area contributed by atoms with Gasteiger partial charge in [-0.2, -0.15) is 0 Å². The standard InChI is InChI=1S/C26H27N5O2S/c1-26(2,3)19-10-11-22(33-4)21(16-19)28-23(32)17-34-25-30-29-24(18-12-14-27-15-13-18)31(25)20-8-6-5-7-9-20/h5-16H,17H2,1-4H3,(H,28,32). The Morgan fingerprint density at radius 1 is 1.03 bits per heavy atom. The fraction of sp³-hybridized carbons (Fsp3) is 0.231. The van der Waals surface area contributed by atoms with Gasteiger partial charge >= 0.3 is 0 Å². The predicted octanol–water partition coefficient (Wildman–Crippen LogP) is 5.37. The van der Waals surface area contributed by atoms with Crippen LogP contribution in [-0.2, 0) is 10.2 Å². The van der Waals surface area contributed by atoms with Gasteiger partial charge in [0.2, 0.25) is 5.91 Å². The summed E-state index contributed by atoms with van der Waals surface area (Å²) in [6.07, 6.45) is 3.44. The maximum Gasteiger partial charge on any atom is 0.234 e. The largest absolute Gasteiger partial charge is 0.495 e. The monoisotopic (exact) mass is 473 g/mol. The number of thioether (sulfide) groups is 1. The number of pyridine rings is 1. The quantitative estimate of drug-likeness (QED) is 0.364. The average Bonchev–Trinajstić information content (AvgIpc) is 3.27. The van der Waals surface area contributed by atoms with E-state index in [1.807, 2.05) is 65.2 Å². The van der Waals surface area contributed by atoms with Crippen molar-refractivity contribution in [3.05, 3.63) is 78.6 Å². The van der Waals surface area contributed by atoms with Gasteiger partial charge in [-0.3, -0.25) is 14.3 Å². The zero-order valence-corrected chi connectivity index (χ0v) is 20.5. The third kappa shape index (κ3) is 5.28. The molecule has 1 amide bonds. The van der Waals surface area contributed by atoms with Crippen LogP contribution in [0.3, 0.4) is 0 Å². The Morgan fingerprint density at radius 2 is 1.76 bits per heavy atom. The van der Waals surface area contributed by atoms with E-state index in [4.69, 9.17) is 4.74 Å². The first-order valence-electron chi connectivity index (χ1n) is 10.9. The molecule has 0 fully saturated rings. The highest BCUT2D eigenvalue weighted by Gasteiger charge is 2.19. The molecule has 0 radical (unpaired) electrons. The van der Waals surface area contributed by atoms with Crippen molar-refractivity contribution in [3.63, 3.8) is 0 Å². The summed E-state index contributed by atoms with van der Waals surface area (Å²) in [5, 5.41) is 12.4. The van der Waals surface area contributed by atoms with Gasteiger partial charge in [0.25, 0.3) is 0 Å². The van der Waals surface area contributed by atoms with Crippen LogP contribution < -0.4 is 10.1 Å². The van der Waals surface area contributed by atoms with E-state index in [0.717, 1.165) is 16.8 Å². The van der Waals surface area contributed by atoms with Crippen molar-refractivity contribution in [3.8, 4) is 22.8 Å². The van der Waals surface area contributed by atoms with Crippen LogP contribution in [0.25, 0.3) is 17.1 Å². The number of aromatic nitrogens is 4. The maximum absolute atomic E-state index is 12.9. The third-order valence-electron chi connectivity index (χ3n) is 5.26. The van der Waals surface area contributed by atoms with Crippen molar-refractivity contribution in [2.75, 3.05) is 18.2 Å². The number of carbonyl (C=O) groups is 1. The molecule has 0 aliphatic rings. The maximum atomic E-state index is 12.9. The molecule has 4 aromatic rings. The number of amides is 1. The lowest BCUT2D eigenvalue weighted by molar-refractivity contribution is -0.113. The second-order valence-electron chi connectivity index (χ2n) is 8.71. The molecule has 1 N–H and O–H groups in total. The Balaban J connectivity index is 1.57. The van der Waals surface area contributed by atoms with Crippen molar-refractivity contribution in [2.45, 2.75) is 31.3 Å². The van der Waals surface area contributed by atoms with Gasteiger partial charge in [0.05, 0.1) is 18.6 Å². The number of nitrogens with one attached hydrogen (secondary N) is 1. The smallest absolute Gasteiger partial charge is 0.234 e. The number of rotatable bonds is 7. The number of ether oxygens (including phenoxy) is 1. The zero-order chi connectivity index (χ0) is 24.1. The van der Waals surface area contributed by atoms with E-state index in [1.54, 1.807) is 19.5 Å². The molecule has 8 heteroatoms. The molecular formula is C26H27N5O2S. The topological polar surface area (TPSA) is 81.9 Å². The lowest BCUT2D eigenvalue weighted by Gasteiger charge is -2.21. The lowest BCUT2D eigenvalue weighted by atomic mass is 9.87. The van der Waals surface area contributed by atoms with Crippen LogP contribution in [0.2, 0.25) is 0 Å². The van der Waals surface area contributed by atoms with Crippen molar-refractivity contribution in [1.29, 1.82) is 0 Å². The number of para-hydroxylation sites is 1. The van der Waals surface area contributed by atoms with Gasteiger partial charge in [-0.25, -0.2) is 0 Å². The second-order valence-corrected chi connectivity index (χ2v) is 9.66. The lowest BCUT2D eigenvalue weighted by Crippen LogP contribution is -2.17. The molecule has 0 aliphatic carbocycles. The number of anilines is 1. The first-order valence-corrected chi connectivity index (χ1v) is 11.9. The molecule has 7 nitrogen and oxygen atoms in total. The molecule has 2 aromatic heterocycles. The highest BCUT2D eigenvalue weighted by atomic mass is 32.2. The summed E-state index contributed by atoms with van der Waals surface area (Å²) in [5.41, 5.74) is 3.54. The van der Waals surface area contributed by atoms with Crippen molar-refractivity contribution in [1.82, 2.24) is 19.7 Å². The minimum atomic E-state index is -0.151. The molecule has 2 aromatic carbocycles. The molecule has 0 saturated heterocycles. The van der Waals surface area contributed by atoms with Crippen LogP contribution in [0.15, 0.2) is 78.2 Å². The fourth-order valence-electron chi connectivity index (χ4n) is 3.45. The van der Waals surface area contributed by atoms with Gasteiger partial charge in [0, 0.05) is 23.6 Å². The molecule has 0 aliphatic heterocycles. The number of hydrogen-bond acceptors (Lipinski definition) is 6. The number of benzene rings is 2. The van der Waals surface area contributed by atoms with E-state index in [0.29, 0.717) is 22.4 Å². The summed E-state index contributed by atoms with van der Waals surface area (Å²) >= 11 is 1.33. The van der Waals surface area contributed by atoms with E-state index in [9.17, 15) is 4.79 Å². The van der Waals surface area contributed by atoms with E-state index in [2.05, 4.69) is 41.3 Å². The van der Waals surface area contributed by atoms with Crippen molar-refractivity contribution >= 4 is 23.4 Å². The SMILES string of the molecule is COc1ccc(C(C)(C)C)cc1NC(=O)CSc1nnc(-c2ccncc2)n1-c1ccccc1. The van der Waals surface area contributed by atoms with Crippen LogP contribution in [0.4, 0.5) is 5.69 Å². The van der Waals surface area contributed by atoms with E-state index < -0.39 is 0 Å². The molecule has 0 bridgehead atoms. The van der Waals surface area contributed by atoms with Gasteiger partial charge in [-0.15, -0.1) is 10.2 Å². The van der Waals surface area contributed by atoms with Crippen LogP contribution in [0.5, 0.6) is 5.75 Å². The van der Waals surface area contributed by atoms with Gasteiger partial charge in [-0.05, 0) is 47.4 Å². The minimum absolute atomic E-state index is 0.0457. The number of carbonyl (C=O) groups excluding carboxylic acids is 1. The summed E-state index contributed by atoms with van der Waals surface area (Å²) in [6.45, 7) is 6.40. The highest BCUT2D eigenvalue weighted by molar-refractivity contribution is 7.99. The Labute approximate surface area is 203 Å². The Hall–Kier alpha value is -3.65. The van der Waals surface area contributed by atoms with Crippen molar-refractivity contribution < 1.29 is 9.53 Å². The van der Waals surface area contributed by atoms with Gasteiger partial charge in [-0.1, -0.05) is 56.8 Å². The molecule has 0 atom stereocenters. The minimum Gasteiger partial charge on any atom is -0.495 e. The van der Waals surface area contributed by atoms with Crippen LogP contribution in [0.1, 0.15) is 26.3 Å². The number of methoxy groups -OCH3 is 1. The summed E-state index contributed by atoms with van der Waals surface area (Å²) in [6, 6.07) is 19.5. The molecule has 0 unspecified atom stereocenters. The first kappa shape index (κ1) is 23.5. The molecule has 2 heterocycles. The number of nitrogens with zero attached hydrogens (tertiary/aromatic N) is 4. The highest BCUT2D eigenvalue weighted by Crippen LogP contribution is 2.32. The molecule has 174 valence electrons. The Kier molecular flexibility index (Phi) is 6.98. The van der Waals surface area contributed by atoms with E-state index in [1.165, 1.54) is 11.8 Å². The van der Waals surface area contributed by atoms with Crippen LogP contribution in [0, 0.1) is 0 Å². The van der Waals surface area contributed by atoms with E-state index in [-0.39, 0.29) is 17.1 Å². The van der Waals surface area contributed by atoms with Crippen LogP contribution >= 0.6 is 11.8 Å². The molecule has 34 heavy (non-hydrogen) atoms. The normalized spacial score (nSPS) is 11.3.